The second-order valence-electron chi connectivity index (χ2n) is 12.9. The number of fused-ring (bicyclic) bond motifs is 7. The van der Waals surface area contributed by atoms with Gasteiger partial charge in [0.2, 0.25) is 0 Å². The maximum Gasteiger partial charge on any atom is 0.319 e. The van der Waals surface area contributed by atoms with Gasteiger partial charge in [0.1, 0.15) is 41.4 Å². The first-order valence-electron chi connectivity index (χ1n) is 15.5. The van der Waals surface area contributed by atoms with Gasteiger partial charge < -0.3 is 25.4 Å². The Labute approximate surface area is 266 Å². The Balaban J connectivity index is 1.27. The van der Waals surface area contributed by atoms with Crippen LogP contribution in [0, 0.1) is 23.0 Å². The molecule has 0 aliphatic carbocycles. The molecule has 0 unspecified atom stereocenters. The third-order valence-electron chi connectivity index (χ3n) is 10.7. The van der Waals surface area contributed by atoms with Crippen molar-refractivity contribution in [3.63, 3.8) is 0 Å². The highest BCUT2D eigenvalue weighted by atomic mass is 35.5. The van der Waals surface area contributed by atoms with Crippen LogP contribution in [0.1, 0.15) is 44.1 Å². The van der Waals surface area contributed by atoms with Gasteiger partial charge in [0.05, 0.1) is 32.3 Å². The molecule has 5 aliphatic rings. The highest BCUT2D eigenvalue weighted by Gasteiger charge is 2.46. The van der Waals surface area contributed by atoms with E-state index in [0.29, 0.717) is 31.0 Å². The lowest BCUT2D eigenvalue weighted by atomic mass is 9.95. The van der Waals surface area contributed by atoms with Crippen molar-refractivity contribution >= 4 is 54.7 Å². The second-order valence-corrected chi connectivity index (χ2v) is 14.4. The molecule has 0 radical (unpaired) electrons. The molecule has 2 aromatic carbocycles. The van der Waals surface area contributed by atoms with Crippen molar-refractivity contribution in [2.45, 2.75) is 62.2 Å². The van der Waals surface area contributed by atoms with Gasteiger partial charge in [-0.15, -0.1) is 11.3 Å². The number of nitriles is 1. The monoisotopic (exact) mass is 649 g/mol. The Morgan fingerprint density at radius 1 is 1.20 bits per heavy atom. The number of aromatic nitrogens is 2. The van der Waals surface area contributed by atoms with E-state index in [4.69, 9.17) is 31.8 Å². The van der Waals surface area contributed by atoms with Crippen LogP contribution in [0.2, 0.25) is 5.02 Å². The van der Waals surface area contributed by atoms with Crippen molar-refractivity contribution in [2.75, 3.05) is 43.5 Å². The summed E-state index contributed by atoms with van der Waals surface area (Å²) < 4.78 is 45.1. The fourth-order valence-electron chi connectivity index (χ4n) is 8.55. The summed E-state index contributed by atoms with van der Waals surface area (Å²) in [5, 5.41) is 14.4. The van der Waals surface area contributed by atoms with Gasteiger partial charge in [0, 0.05) is 29.6 Å². The molecule has 0 saturated carbocycles. The second kappa shape index (κ2) is 10.00. The molecule has 9 nitrogen and oxygen atoms in total. The lowest BCUT2D eigenvalue weighted by Crippen LogP contribution is -2.60. The summed E-state index contributed by atoms with van der Waals surface area (Å²) in [7, 11) is 0. The Morgan fingerprint density at radius 2 is 2.02 bits per heavy atom. The van der Waals surface area contributed by atoms with E-state index in [0.717, 1.165) is 63.0 Å². The molecule has 2 bridgehead atoms. The van der Waals surface area contributed by atoms with Gasteiger partial charge in [0.25, 0.3) is 0 Å². The van der Waals surface area contributed by atoms with Gasteiger partial charge in [-0.1, -0.05) is 17.7 Å². The Kier molecular flexibility index (Phi) is 6.17. The number of hydrogen-bond donors (Lipinski definition) is 2. The SMILES string of the molecule is N#Cc1c(N)sc2c(F)ccc(-c3c(Cl)c4c5c(nc(OCC67CCCN6CCC7)nc5c3F)N3C[C@@H]5CC[C@@H](N5)[C@@H]3CO4)c12. The molecular weight excluding hydrogens is 620 g/mol. The zero-order chi connectivity index (χ0) is 30.6. The molecule has 0 spiro atoms. The lowest BCUT2D eigenvalue weighted by Gasteiger charge is -2.40. The molecule has 232 valence electrons. The molecule has 13 heteroatoms. The summed E-state index contributed by atoms with van der Waals surface area (Å²) >= 11 is 8.03. The highest BCUT2D eigenvalue weighted by Crippen LogP contribution is 2.52. The quantitative estimate of drug-likeness (QED) is 0.292. The van der Waals surface area contributed by atoms with Gasteiger partial charge in [-0.05, 0) is 63.2 Å². The summed E-state index contributed by atoms with van der Waals surface area (Å²) in [5.74, 6) is -0.446. The van der Waals surface area contributed by atoms with Crippen LogP contribution in [0.4, 0.5) is 19.6 Å². The van der Waals surface area contributed by atoms with Crippen molar-refractivity contribution < 1.29 is 18.3 Å². The molecule has 3 N–H and O–H groups in total. The van der Waals surface area contributed by atoms with Gasteiger partial charge in [0.15, 0.2) is 11.6 Å². The molecule has 5 aliphatic heterocycles. The molecular formula is C32H30ClF2N7O2S. The van der Waals surface area contributed by atoms with Crippen molar-refractivity contribution in [3.8, 4) is 29.0 Å². The van der Waals surface area contributed by atoms with E-state index in [2.05, 4.69) is 26.2 Å². The first kappa shape index (κ1) is 27.8. The maximum absolute atomic E-state index is 17.1. The molecule has 9 rings (SSSR count). The Morgan fingerprint density at radius 3 is 2.82 bits per heavy atom. The summed E-state index contributed by atoms with van der Waals surface area (Å²) in [6.07, 6.45) is 6.39. The Hall–Kier alpha value is -3.50. The number of nitrogens with zero attached hydrogens (tertiary/aromatic N) is 5. The van der Waals surface area contributed by atoms with Crippen LogP contribution in [0.3, 0.4) is 0 Å². The highest BCUT2D eigenvalue weighted by molar-refractivity contribution is 7.23. The molecule has 4 saturated heterocycles. The van der Waals surface area contributed by atoms with Crippen LogP contribution in [0.25, 0.3) is 32.1 Å². The molecule has 4 fully saturated rings. The van der Waals surface area contributed by atoms with E-state index < -0.39 is 11.6 Å². The number of piperazine rings is 1. The van der Waals surface area contributed by atoms with Crippen molar-refractivity contribution in [3.05, 3.63) is 34.4 Å². The first-order valence-corrected chi connectivity index (χ1v) is 16.7. The molecule has 3 atom stereocenters. The minimum absolute atomic E-state index is 0.0160. The van der Waals surface area contributed by atoms with E-state index >= 15 is 4.39 Å². The van der Waals surface area contributed by atoms with E-state index in [1.807, 2.05) is 0 Å². The summed E-state index contributed by atoms with van der Waals surface area (Å²) in [6, 6.07) is 5.27. The number of nitrogen functional groups attached to an aromatic ring is 1. The van der Waals surface area contributed by atoms with Crippen LogP contribution in [-0.2, 0) is 0 Å². The molecule has 7 heterocycles. The molecule has 2 aromatic heterocycles. The number of rotatable bonds is 4. The van der Waals surface area contributed by atoms with Crippen molar-refractivity contribution in [1.82, 2.24) is 20.2 Å². The van der Waals surface area contributed by atoms with E-state index in [1.165, 1.54) is 12.1 Å². The van der Waals surface area contributed by atoms with Gasteiger partial charge in [-0.2, -0.15) is 15.2 Å². The van der Waals surface area contributed by atoms with E-state index in [-0.39, 0.29) is 77.7 Å². The van der Waals surface area contributed by atoms with Crippen LogP contribution in [-0.4, -0.2) is 71.4 Å². The van der Waals surface area contributed by atoms with Crippen LogP contribution in [0.5, 0.6) is 11.8 Å². The smallest absolute Gasteiger partial charge is 0.319 e. The summed E-state index contributed by atoms with van der Waals surface area (Å²) in [4.78, 5) is 14.3. The topological polar surface area (TPSA) is 113 Å². The van der Waals surface area contributed by atoms with E-state index in [9.17, 15) is 9.65 Å². The average Bonchev–Trinajstić information content (AvgIpc) is 3.78. The fourth-order valence-corrected chi connectivity index (χ4v) is 9.84. The number of halogens is 3. The third-order valence-corrected chi connectivity index (χ3v) is 12.0. The van der Waals surface area contributed by atoms with Crippen LogP contribution in [0.15, 0.2) is 12.1 Å². The number of hydrogen-bond acceptors (Lipinski definition) is 10. The minimum Gasteiger partial charge on any atom is -0.489 e. The van der Waals surface area contributed by atoms with Crippen molar-refractivity contribution in [2.24, 2.45) is 0 Å². The molecule has 4 aromatic rings. The first-order chi connectivity index (χ1) is 21.9. The van der Waals surface area contributed by atoms with Gasteiger partial charge >= 0.3 is 6.01 Å². The Bertz CT molecular complexity index is 1950. The number of thiophene rings is 1. The number of anilines is 2. The van der Waals surface area contributed by atoms with Crippen LogP contribution >= 0.6 is 22.9 Å². The van der Waals surface area contributed by atoms with Crippen molar-refractivity contribution in [1.29, 1.82) is 5.26 Å². The van der Waals surface area contributed by atoms with E-state index in [1.54, 1.807) is 0 Å². The summed E-state index contributed by atoms with van der Waals surface area (Å²) in [6.45, 7) is 3.53. The number of nitrogens with one attached hydrogen (secondary N) is 1. The lowest BCUT2D eigenvalue weighted by molar-refractivity contribution is 0.108. The van der Waals surface area contributed by atoms with Crippen LogP contribution < -0.4 is 25.4 Å². The zero-order valence-corrected chi connectivity index (χ0v) is 25.9. The summed E-state index contributed by atoms with van der Waals surface area (Å²) in [5.41, 5.74) is 6.39. The predicted octanol–water partition coefficient (Wildman–Crippen LogP) is 5.61. The number of ether oxygens (including phenoxy) is 2. The predicted molar refractivity (Wildman–Crippen MR) is 169 cm³/mol. The normalized spacial score (nSPS) is 24.8. The number of nitrogens with two attached hydrogens (primary N) is 1. The van der Waals surface area contributed by atoms with Gasteiger partial charge in [-0.25, -0.2) is 8.78 Å². The standard InChI is InChI=1S/C32H30ClF2N7O2S/c33-24-22(16-4-5-18(34)28-21(16)17(11-36)29(37)45-28)25(35)26-23-27(24)43-13-20-19-6-3-15(38-19)12-42(20)30(23)40-31(39-26)44-14-32-7-1-9-41(32)10-2-8-32/h4-5,15,19-20,38H,1-3,6-10,12-14,37H2/t15-,19+,20-/m0/s1. The average molecular weight is 650 g/mol. The van der Waals surface area contributed by atoms with Gasteiger partial charge in [-0.3, -0.25) is 4.90 Å². The third kappa shape index (κ3) is 3.94. The minimum atomic E-state index is -0.713. The molecule has 0 amide bonds. The fraction of sp³-hybridized carbons (Fsp3) is 0.469. The largest absolute Gasteiger partial charge is 0.489 e. The molecule has 45 heavy (non-hydrogen) atoms. The maximum atomic E-state index is 17.1. The zero-order valence-electron chi connectivity index (χ0n) is 24.3. The number of benzene rings is 2.